The van der Waals surface area contributed by atoms with Crippen molar-refractivity contribution in [2.24, 2.45) is 0 Å². The number of aromatic carboxylic acids is 1. The molecule has 0 unspecified atom stereocenters. The highest BCUT2D eigenvalue weighted by Crippen LogP contribution is 2.27. The summed E-state index contributed by atoms with van der Waals surface area (Å²) in [6, 6.07) is 13.1. The summed E-state index contributed by atoms with van der Waals surface area (Å²) >= 11 is 0. The molecule has 3 aromatic rings. The summed E-state index contributed by atoms with van der Waals surface area (Å²) in [4.78, 5) is 10.8. The Morgan fingerprint density at radius 2 is 1.81 bits per heavy atom. The number of rotatable bonds is 1. The summed E-state index contributed by atoms with van der Waals surface area (Å²) in [6.07, 6.45) is 0. The van der Waals surface area contributed by atoms with E-state index in [4.69, 9.17) is 9.52 Å². The Morgan fingerprint density at radius 3 is 2.62 bits per heavy atom. The molecule has 0 aliphatic heterocycles. The highest BCUT2D eigenvalue weighted by atomic mass is 16.4. The Morgan fingerprint density at radius 1 is 1.06 bits per heavy atom. The van der Waals surface area contributed by atoms with Crippen LogP contribution < -0.4 is 0 Å². The van der Waals surface area contributed by atoms with Gasteiger partial charge in [0.2, 0.25) is 5.76 Å². The van der Waals surface area contributed by atoms with Crippen molar-refractivity contribution >= 4 is 27.7 Å². The van der Waals surface area contributed by atoms with E-state index in [1.165, 1.54) is 0 Å². The van der Waals surface area contributed by atoms with Crippen LogP contribution in [0.3, 0.4) is 0 Å². The van der Waals surface area contributed by atoms with Crippen LogP contribution in [0.2, 0.25) is 0 Å². The van der Waals surface area contributed by atoms with Crippen molar-refractivity contribution in [2.75, 3.05) is 0 Å². The fourth-order valence-corrected chi connectivity index (χ4v) is 1.87. The van der Waals surface area contributed by atoms with E-state index in [1.807, 2.05) is 36.4 Å². The van der Waals surface area contributed by atoms with Gasteiger partial charge in [-0.05, 0) is 11.5 Å². The van der Waals surface area contributed by atoms with Gasteiger partial charge in [-0.3, -0.25) is 0 Å². The quantitative estimate of drug-likeness (QED) is 0.673. The van der Waals surface area contributed by atoms with Gasteiger partial charge in [0.1, 0.15) is 5.58 Å². The van der Waals surface area contributed by atoms with Crippen molar-refractivity contribution < 1.29 is 14.3 Å². The van der Waals surface area contributed by atoms with Crippen molar-refractivity contribution in [3.63, 3.8) is 0 Å². The first-order chi connectivity index (χ1) is 7.75. The third-order valence-corrected chi connectivity index (χ3v) is 2.62. The number of benzene rings is 2. The molecular weight excluding hydrogens is 204 g/mol. The maximum atomic E-state index is 10.8. The zero-order valence-electron chi connectivity index (χ0n) is 8.31. The lowest BCUT2D eigenvalue weighted by atomic mass is 10.1. The van der Waals surface area contributed by atoms with E-state index in [-0.39, 0.29) is 5.76 Å². The van der Waals surface area contributed by atoms with Crippen molar-refractivity contribution in [2.45, 2.75) is 0 Å². The summed E-state index contributed by atoms with van der Waals surface area (Å²) in [6.45, 7) is 0. The van der Waals surface area contributed by atoms with Gasteiger partial charge in [0.15, 0.2) is 0 Å². The molecule has 0 bridgehead atoms. The molecule has 1 heterocycles. The second-order valence-corrected chi connectivity index (χ2v) is 3.62. The molecule has 0 saturated carbocycles. The first-order valence-corrected chi connectivity index (χ1v) is 4.90. The number of hydrogen-bond acceptors (Lipinski definition) is 2. The second kappa shape index (κ2) is 3.10. The summed E-state index contributed by atoms with van der Waals surface area (Å²) in [5.74, 6) is -1.06. The molecule has 0 spiro atoms. The molecule has 0 radical (unpaired) electrons. The van der Waals surface area contributed by atoms with Crippen LogP contribution in [0.5, 0.6) is 0 Å². The highest BCUT2D eigenvalue weighted by Gasteiger charge is 2.11. The molecule has 0 aliphatic rings. The topological polar surface area (TPSA) is 50.4 Å². The number of carbonyl (C=O) groups is 1. The molecule has 78 valence electrons. The minimum atomic E-state index is -1.04. The summed E-state index contributed by atoms with van der Waals surface area (Å²) < 4.78 is 5.34. The third kappa shape index (κ3) is 1.18. The van der Waals surface area contributed by atoms with Gasteiger partial charge in [0, 0.05) is 10.8 Å². The van der Waals surface area contributed by atoms with E-state index in [0.717, 1.165) is 16.2 Å². The molecule has 3 nitrogen and oxygen atoms in total. The lowest BCUT2D eigenvalue weighted by Crippen LogP contribution is -1.91. The first-order valence-electron chi connectivity index (χ1n) is 4.90. The van der Waals surface area contributed by atoms with Crippen LogP contribution in [0.25, 0.3) is 21.7 Å². The number of fused-ring (bicyclic) bond motifs is 3. The number of carboxylic acids is 1. The number of carboxylic acid groups (broad SMARTS) is 1. The van der Waals surface area contributed by atoms with Gasteiger partial charge >= 0.3 is 5.97 Å². The van der Waals surface area contributed by atoms with Crippen LogP contribution in [0, 0.1) is 0 Å². The van der Waals surface area contributed by atoms with Gasteiger partial charge in [-0.1, -0.05) is 36.4 Å². The van der Waals surface area contributed by atoms with E-state index in [9.17, 15) is 4.79 Å². The molecule has 3 rings (SSSR count). The predicted octanol–water partition coefficient (Wildman–Crippen LogP) is 3.28. The molecule has 2 aromatic carbocycles. The molecule has 0 amide bonds. The van der Waals surface area contributed by atoms with Crippen LogP contribution in [-0.4, -0.2) is 11.1 Å². The van der Waals surface area contributed by atoms with E-state index in [2.05, 4.69) is 0 Å². The number of furan rings is 1. The first kappa shape index (κ1) is 8.97. The molecule has 0 aliphatic carbocycles. The molecule has 1 aromatic heterocycles. The van der Waals surface area contributed by atoms with E-state index >= 15 is 0 Å². The third-order valence-electron chi connectivity index (χ3n) is 2.62. The van der Waals surface area contributed by atoms with E-state index in [1.54, 1.807) is 6.07 Å². The zero-order chi connectivity index (χ0) is 11.1. The minimum Gasteiger partial charge on any atom is -0.475 e. The zero-order valence-corrected chi connectivity index (χ0v) is 8.31. The number of hydrogen-bond donors (Lipinski definition) is 1. The van der Waals surface area contributed by atoms with Crippen molar-refractivity contribution in [3.05, 3.63) is 48.2 Å². The summed E-state index contributed by atoms with van der Waals surface area (Å²) in [7, 11) is 0. The monoisotopic (exact) mass is 212 g/mol. The van der Waals surface area contributed by atoms with Gasteiger partial charge in [-0.15, -0.1) is 0 Å². The Balaban J connectivity index is 2.46. The largest absolute Gasteiger partial charge is 0.475 e. The van der Waals surface area contributed by atoms with Crippen LogP contribution in [0.15, 0.2) is 46.9 Å². The van der Waals surface area contributed by atoms with Gasteiger partial charge in [-0.2, -0.15) is 0 Å². The highest BCUT2D eigenvalue weighted by molar-refractivity contribution is 6.06. The Hall–Kier alpha value is -2.29. The fraction of sp³-hybridized carbons (Fsp3) is 0. The van der Waals surface area contributed by atoms with E-state index < -0.39 is 5.97 Å². The minimum absolute atomic E-state index is 0.0219. The maximum Gasteiger partial charge on any atom is 0.371 e. The Bertz CT molecular complexity index is 695. The van der Waals surface area contributed by atoms with Gasteiger partial charge in [0.05, 0.1) is 0 Å². The van der Waals surface area contributed by atoms with Gasteiger partial charge in [-0.25, -0.2) is 4.79 Å². The fourth-order valence-electron chi connectivity index (χ4n) is 1.87. The smallest absolute Gasteiger partial charge is 0.371 e. The Labute approximate surface area is 90.9 Å². The molecule has 0 saturated heterocycles. The molecule has 16 heavy (non-hydrogen) atoms. The summed E-state index contributed by atoms with van der Waals surface area (Å²) in [5.41, 5.74) is 0.635. The molecule has 1 N–H and O–H groups in total. The van der Waals surface area contributed by atoms with Crippen LogP contribution >= 0.6 is 0 Å². The molecule has 0 atom stereocenters. The molecule has 3 heteroatoms. The standard InChI is InChI=1S/C13H8O3/c14-13(15)11-7-9-6-5-8-3-1-2-4-10(8)12(9)16-11/h1-7H,(H,14,15). The van der Waals surface area contributed by atoms with Crippen molar-refractivity contribution in [1.29, 1.82) is 0 Å². The normalized spacial score (nSPS) is 11.0. The van der Waals surface area contributed by atoms with Gasteiger partial charge in [0.25, 0.3) is 0 Å². The van der Waals surface area contributed by atoms with E-state index in [0.29, 0.717) is 5.58 Å². The average molecular weight is 212 g/mol. The average Bonchev–Trinajstić information content (AvgIpc) is 2.73. The predicted molar refractivity (Wildman–Crippen MR) is 60.7 cm³/mol. The van der Waals surface area contributed by atoms with Crippen LogP contribution in [0.1, 0.15) is 10.6 Å². The van der Waals surface area contributed by atoms with Crippen molar-refractivity contribution in [3.8, 4) is 0 Å². The summed E-state index contributed by atoms with van der Waals surface area (Å²) in [5, 5.41) is 11.7. The van der Waals surface area contributed by atoms with Crippen LogP contribution in [-0.2, 0) is 0 Å². The van der Waals surface area contributed by atoms with Crippen LogP contribution in [0.4, 0.5) is 0 Å². The molecule has 0 fully saturated rings. The SMILES string of the molecule is O=C(O)c1cc2ccc3ccccc3c2o1. The maximum absolute atomic E-state index is 10.8. The van der Waals surface area contributed by atoms with Gasteiger partial charge < -0.3 is 9.52 Å². The lowest BCUT2D eigenvalue weighted by Gasteiger charge is -1.96. The Kier molecular flexibility index (Phi) is 1.74. The molecular formula is C13H8O3. The second-order valence-electron chi connectivity index (χ2n) is 3.62. The van der Waals surface area contributed by atoms with Crippen molar-refractivity contribution in [1.82, 2.24) is 0 Å². The lowest BCUT2D eigenvalue weighted by molar-refractivity contribution is 0.0665.